The first-order valence-electron chi connectivity index (χ1n) is 3.74. The zero-order chi connectivity index (χ0) is 7.14. The highest BCUT2D eigenvalue weighted by Gasteiger charge is 2.40. The van der Waals surface area contributed by atoms with E-state index in [0.29, 0.717) is 5.92 Å². The van der Waals surface area contributed by atoms with Crippen LogP contribution in [0.5, 0.6) is 0 Å². The number of fused-ring (bicyclic) bond motifs is 2. The second-order valence-electron chi connectivity index (χ2n) is 3.24. The average molecular weight is 141 g/mol. The maximum absolute atomic E-state index is 10.5. The summed E-state index contributed by atoms with van der Waals surface area (Å²) in [4.78, 5) is 12.6. The van der Waals surface area contributed by atoms with Gasteiger partial charge in [-0.05, 0) is 25.3 Å². The van der Waals surface area contributed by atoms with Crippen LogP contribution in [0.1, 0.15) is 12.8 Å². The first kappa shape index (κ1) is 6.16. The van der Waals surface area contributed by atoms with Crippen molar-refractivity contribution in [3.8, 4) is 0 Å². The molecule has 0 aliphatic carbocycles. The third-order valence-corrected chi connectivity index (χ3v) is 2.60. The second-order valence-corrected chi connectivity index (χ2v) is 3.24. The van der Waals surface area contributed by atoms with Gasteiger partial charge in [0.25, 0.3) is 0 Å². The summed E-state index contributed by atoms with van der Waals surface area (Å²) in [6, 6.07) is -0.154. The third-order valence-electron chi connectivity index (χ3n) is 2.60. The summed E-state index contributed by atoms with van der Waals surface area (Å²) < 4.78 is 0. The molecule has 2 heterocycles. The molecule has 2 fully saturated rings. The molecule has 2 saturated heterocycles. The van der Waals surface area contributed by atoms with Crippen molar-refractivity contribution in [3.63, 3.8) is 0 Å². The Morgan fingerprint density at radius 3 is 2.70 bits per heavy atom. The third kappa shape index (κ3) is 0.736. The van der Waals surface area contributed by atoms with Crippen LogP contribution in [0.25, 0.3) is 0 Å². The van der Waals surface area contributed by atoms with Crippen molar-refractivity contribution < 1.29 is 9.90 Å². The van der Waals surface area contributed by atoms with Crippen molar-refractivity contribution in [1.29, 1.82) is 0 Å². The highest BCUT2D eigenvalue weighted by atomic mass is 16.4. The molecule has 0 aromatic rings. The van der Waals surface area contributed by atoms with E-state index in [1.54, 1.807) is 0 Å². The summed E-state index contributed by atoms with van der Waals surface area (Å²) in [5.74, 6) is 0.0447. The number of carboxylic acid groups (broad SMARTS) is 1. The van der Waals surface area contributed by atoms with Crippen LogP contribution in [0.15, 0.2) is 0 Å². The van der Waals surface area contributed by atoms with Crippen molar-refractivity contribution in [3.05, 3.63) is 0 Å². The Kier molecular flexibility index (Phi) is 1.20. The summed E-state index contributed by atoms with van der Waals surface area (Å²) in [5, 5.41) is 8.69. The average Bonchev–Trinajstić information content (AvgIpc) is 2.44. The lowest BCUT2D eigenvalue weighted by Gasteiger charge is -2.19. The smallest absolute Gasteiger partial charge is 0.320 e. The molecule has 2 bridgehead atoms. The van der Waals surface area contributed by atoms with Gasteiger partial charge < -0.3 is 5.11 Å². The lowest BCUT2D eigenvalue weighted by molar-refractivity contribution is -0.142. The molecule has 56 valence electrons. The van der Waals surface area contributed by atoms with Crippen molar-refractivity contribution >= 4 is 5.97 Å². The van der Waals surface area contributed by atoms with Crippen LogP contribution in [-0.2, 0) is 4.79 Å². The molecule has 0 radical (unpaired) electrons. The molecule has 10 heavy (non-hydrogen) atoms. The largest absolute Gasteiger partial charge is 0.480 e. The van der Waals surface area contributed by atoms with Crippen LogP contribution in [0.3, 0.4) is 0 Å². The van der Waals surface area contributed by atoms with E-state index < -0.39 is 5.97 Å². The summed E-state index contributed by atoms with van der Waals surface area (Å²) in [5.41, 5.74) is 0. The first-order chi connectivity index (χ1) is 4.77. The molecule has 3 nitrogen and oxygen atoms in total. The molecule has 0 amide bonds. The van der Waals surface area contributed by atoms with E-state index in [2.05, 4.69) is 4.90 Å². The van der Waals surface area contributed by atoms with Gasteiger partial charge in [-0.3, -0.25) is 9.69 Å². The number of hydrogen-bond donors (Lipinski definition) is 1. The molecule has 2 rings (SSSR count). The Hall–Kier alpha value is -0.570. The quantitative estimate of drug-likeness (QED) is 0.565. The molecule has 2 aliphatic rings. The highest BCUT2D eigenvalue weighted by molar-refractivity contribution is 5.74. The number of carboxylic acids is 1. The molecule has 3 atom stereocenters. The normalized spacial score (nSPS) is 44.2. The Balaban J connectivity index is 2.08. The van der Waals surface area contributed by atoms with Crippen LogP contribution in [0.4, 0.5) is 0 Å². The number of nitrogens with zero attached hydrogens (tertiary/aromatic N) is 1. The van der Waals surface area contributed by atoms with Gasteiger partial charge in [-0.2, -0.15) is 0 Å². The maximum atomic E-state index is 10.5. The van der Waals surface area contributed by atoms with Crippen LogP contribution in [0, 0.1) is 5.92 Å². The Morgan fingerprint density at radius 2 is 2.40 bits per heavy atom. The van der Waals surface area contributed by atoms with Crippen molar-refractivity contribution in [2.24, 2.45) is 5.92 Å². The monoisotopic (exact) mass is 141 g/mol. The highest BCUT2D eigenvalue weighted by Crippen LogP contribution is 2.32. The zero-order valence-electron chi connectivity index (χ0n) is 5.79. The van der Waals surface area contributed by atoms with E-state index in [1.165, 1.54) is 6.42 Å². The molecule has 1 N–H and O–H groups in total. The van der Waals surface area contributed by atoms with E-state index in [9.17, 15) is 4.79 Å². The van der Waals surface area contributed by atoms with Gasteiger partial charge >= 0.3 is 5.97 Å². The molecule has 2 aliphatic heterocycles. The van der Waals surface area contributed by atoms with Crippen LogP contribution in [-0.4, -0.2) is 35.1 Å². The van der Waals surface area contributed by atoms with Gasteiger partial charge in [0.2, 0.25) is 0 Å². The lowest BCUT2D eigenvalue weighted by atomic mass is 10.0. The minimum atomic E-state index is -0.637. The maximum Gasteiger partial charge on any atom is 0.320 e. The zero-order valence-corrected chi connectivity index (χ0v) is 5.79. The molecule has 2 unspecified atom stereocenters. The van der Waals surface area contributed by atoms with Gasteiger partial charge in [0.1, 0.15) is 6.04 Å². The summed E-state index contributed by atoms with van der Waals surface area (Å²) >= 11 is 0. The summed E-state index contributed by atoms with van der Waals surface area (Å²) in [6.45, 7) is 2.03. The second kappa shape index (κ2) is 1.95. The number of piperidine rings is 1. The van der Waals surface area contributed by atoms with Gasteiger partial charge in [0.15, 0.2) is 0 Å². The number of aliphatic carboxylic acids is 1. The molecular formula is C7H11NO2. The van der Waals surface area contributed by atoms with Crippen molar-refractivity contribution in [2.45, 2.75) is 18.9 Å². The standard InChI is InChI=1S/C7H11NO2/c9-7(10)6-3-5-1-2-8(6)4-5/h5-6H,1-4H2,(H,9,10)/t5?,6-/m1/s1. The molecule has 0 aromatic carbocycles. The Morgan fingerprint density at radius 1 is 1.60 bits per heavy atom. The fraction of sp³-hybridized carbons (Fsp3) is 0.857. The van der Waals surface area contributed by atoms with Gasteiger partial charge in [0, 0.05) is 6.54 Å². The molecular weight excluding hydrogens is 130 g/mol. The molecule has 0 spiro atoms. The van der Waals surface area contributed by atoms with E-state index in [0.717, 1.165) is 19.5 Å². The lowest BCUT2D eigenvalue weighted by Crippen LogP contribution is -2.36. The fourth-order valence-corrected chi connectivity index (χ4v) is 2.06. The van der Waals surface area contributed by atoms with Crippen LogP contribution < -0.4 is 0 Å². The van der Waals surface area contributed by atoms with E-state index in [-0.39, 0.29) is 6.04 Å². The molecule has 0 saturated carbocycles. The van der Waals surface area contributed by atoms with Crippen LogP contribution >= 0.6 is 0 Å². The van der Waals surface area contributed by atoms with Gasteiger partial charge in [-0.15, -0.1) is 0 Å². The Bertz CT molecular complexity index is 169. The van der Waals surface area contributed by atoms with Crippen LogP contribution in [0.2, 0.25) is 0 Å². The van der Waals surface area contributed by atoms with Crippen molar-refractivity contribution in [2.75, 3.05) is 13.1 Å². The van der Waals surface area contributed by atoms with Gasteiger partial charge in [-0.25, -0.2) is 0 Å². The van der Waals surface area contributed by atoms with Crippen molar-refractivity contribution in [1.82, 2.24) is 4.90 Å². The minimum absolute atomic E-state index is 0.154. The number of hydrogen-bond acceptors (Lipinski definition) is 2. The molecule has 3 heteroatoms. The molecule has 0 aromatic heterocycles. The summed E-state index contributed by atoms with van der Waals surface area (Å²) in [7, 11) is 0. The number of rotatable bonds is 1. The SMILES string of the molecule is O=C(O)[C@H]1CC2CCN1C2. The van der Waals surface area contributed by atoms with E-state index in [4.69, 9.17) is 5.11 Å². The first-order valence-corrected chi connectivity index (χ1v) is 3.74. The number of carbonyl (C=O) groups is 1. The Labute approximate surface area is 59.6 Å². The predicted octanol–water partition coefficient (Wildman–Crippen LogP) is 0.165. The van der Waals surface area contributed by atoms with Gasteiger partial charge in [-0.1, -0.05) is 0 Å². The van der Waals surface area contributed by atoms with Gasteiger partial charge in [0.05, 0.1) is 0 Å². The van der Waals surface area contributed by atoms with E-state index in [1.807, 2.05) is 0 Å². The van der Waals surface area contributed by atoms with E-state index >= 15 is 0 Å². The fourth-order valence-electron chi connectivity index (χ4n) is 2.06. The summed E-state index contributed by atoms with van der Waals surface area (Å²) in [6.07, 6.45) is 2.10. The predicted molar refractivity (Wildman–Crippen MR) is 35.7 cm³/mol. The topological polar surface area (TPSA) is 40.5 Å². The minimum Gasteiger partial charge on any atom is -0.480 e.